The molecule has 1 aromatic heterocycles. The van der Waals surface area contributed by atoms with E-state index in [9.17, 15) is 4.79 Å². The molecule has 3 aromatic rings. The lowest BCUT2D eigenvalue weighted by atomic mass is 9.72. The largest absolute Gasteiger partial charge is 0.381 e. The molecule has 2 aliphatic rings. The number of hydrogen-bond donors (Lipinski definition) is 0. The number of likely N-dealkylation sites (tertiary alicyclic amines) is 1. The number of pyridine rings is 1. The van der Waals surface area contributed by atoms with E-state index in [1.54, 1.807) is 0 Å². The number of nitrogens with zero attached hydrogens (tertiary/aromatic N) is 2. The summed E-state index contributed by atoms with van der Waals surface area (Å²) in [5.41, 5.74) is 4.31. The molecule has 1 atom stereocenters. The standard InChI is InChI=1S/C28H32N2O2/c1-21-6-2-11-25(18-21)28(12-16-32-17-13-28)27(31)30-15-5-7-22(20-30)19-24-9-3-8-23-10-4-14-29-26(23)24/h2-4,6,8-11,14,18,22H,5,7,12-13,15-17,19-20H2,1H3. The van der Waals surface area contributed by atoms with Crippen molar-refractivity contribution in [2.75, 3.05) is 26.3 Å². The smallest absolute Gasteiger partial charge is 0.233 e. The number of para-hydroxylation sites is 1. The molecule has 5 rings (SSSR count). The van der Waals surface area contributed by atoms with E-state index < -0.39 is 5.41 Å². The van der Waals surface area contributed by atoms with Gasteiger partial charge in [-0.15, -0.1) is 0 Å². The number of rotatable bonds is 4. The SMILES string of the molecule is Cc1cccc(C2(C(=O)N3CCCC(Cc4cccc5cccnc45)C3)CCOCC2)c1. The van der Waals surface area contributed by atoms with Crippen LogP contribution in [0, 0.1) is 12.8 Å². The van der Waals surface area contributed by atoms with Crippen LogP contribution in [0.4, 0.5) is 0 Å². The zero-order valence-electron chi connectivity index (χ0n) is 18.9. The molecule has 32 heavy (non-hydrogen) atoms. The molecular formula is C28H32N2O2. The van der Waals surface area contributed by atoms with Crippen LogP contribution in [0.3, 0.4) is 0 Å². The number of aromatic nitrogens is 1. The summed E-state index contributed by atoms with van der Waals surface area (Å²) < 4.78 is 5.68. The Balaban J connectivity index is 1.38. The fraction of sp³-hybridized carbons (Fsp3) is 0.429. The molecule has 0 aliphatic carbocycles. The van der Waals surface area contributed by atoms with Crippen LogP contribution in [0.1, 0.15) is 42.4 Å². The van der Waals surface area contributed by atoms with Gasteiger partial charge < -0.3 is 9.64 Å². The van der Waals surface area contributed by atoms with Gasteiger partial charge in [0.15, 0.2) is 0 Å². The summed E-state index contributed by atoms with van der Waals surface area (Å²) in [5, 5.41) is 1.19. The maximum absolute atomic E-state index is 14.1. The first-order valence-corrected chi connectivity index (χ1v) is 11.9. The Bertz CT molecular complexity index is 1100. The van der Waals surface area contributed by atoms with Crippen LogP contribution in [0.25, 0.3) is 10.9 Å². The summed E-state index contributed by atoms with van der Waals surface area (Å²) in [7, 11) is 0. The van der Waals surface area contributed by atoms with E-state index in [1.165, 1.54) is 16.5 Å². The van der Waals surface area contributed by atoms with Crippen molar-refractivity contribution in [1.82, 2.24) is 9.88 Å². The Morgan fingerprint density at radius 1 is 1.12 bits per heavy atom. The van der Waals surface area contributed by atoms with Gasteiger partial charge in [-0.05, 0) is 62.1 Å². The van der Waals surface area contributed by atoms with Crippen LogP contribution < -0.4 is 0 Å². The lowest BCUT2D eigenvalue weighted by molar-refractivity contribution is -0.143. The molecule has 2 aliphatic heterocycles. The predicted octanol–water partition coefficient (Wildman–Crippen LogP) is 5.07. The van der Waals surface area contributed by atoms with Gasteiger partial charge in [-0.2, -0.15) is 0 Å². The van der Waals surface area contributed by atoms with Crippen LogP contribution in [-0.4, -0.2) is 42.1 Å². The Labute approximate surface area is 190 Å². The molecule has 4 heteroatoms. The number of carbonyl (C=O) groups excluding carboxylic acids is 1. The molecule has 0 radical (unpaired) electrons. The van der Waals surface area contributed by atoms with E-state index in [-0.39, 0.29) is 0 Å². The number of amides is 1. The number of ether oxygens (including phenoxy) is 1. The van der Waals surface area contributed by atoms with Gasteiger partial charge in [-0.1, -0.05) is 54.1 Å². The molecule has 0 spiro atoms. The first-order valence-electron chi connectivity index (χ1n) is 11.9. The summed E-state index contributed by atoms with van der Waals surface area (Å²) >= 11 is 0. The monoisotopic (exact) mass is 428 g/mol. The van der Waals surface area contributed by atoms with Crippen molar-refractivity contribution in [1.29, 1.82) is 0 Å². The Kier molecular flexibility index (Phi) is 5.97. The van der Waals surface area contributed by atoms with Crippen molar-refractivity contribution in [3.63, 3.8) is 0 Å². The lowest BCUT2D eigenvalue weighted by Gasteiger charge is -2.43. The molecule has 0 bridgehead atoms. The highest BCUT2D eigenvalue weighted by molar-refractivity contribution is 5.88. The van der Waals surface area contributed by atoms with Gasteiger partial charge in [-0.25, -0.2) is 0 Å². The summed E-state index contributed by atoms with van der Waals surface area (Å²) in [6.45, 7) is 5.10. The highest BCUT2D eigenvalue weighted by Crippen LogP contribution is 2.38. The van der Waals surface area contributed by atoms with Crippen molar-refractivity contribution in [3.8, 4) is 0 Å². The van der Waals surface area contributed by atoms with Crippen LogP contribution >= 0.6 is 0 Å². The van der Waals surface area contributed by atoms with Crippen LogP contribution in [0.5, 0.6) is 0 Å². The van der Waals surface area contributed by atoms with Gasteiger partial charge in [0.25, 0.3) is 0 Å². The van der Waals surface area contributed by atoms with Crippen molar-refractivity contribution >= 4 is 16.8 Å². The fourth-order valence-electron chi connectivity index (χ4n) is 5.65. The predicted molar refractivity (Wildman–Crippen MR) is 128 cm³/mol. The van der Waals surface area contributed by atoms with Gasteiger partial charge in [0.1, 0.15) is 0 Å². The number of fused-ring (bicyclic) bond motifs is 1. The maximum atomic E-state index is 14.1. The maximum Gasteiger partial charge on any atom is 0.233 e. The molecular weight excluding hydrogens is 396 g/mol. The van der Waals surface area contributed by atoms with Crippen molar-refractivity contribution < 1.29 is 9.53 Å². The number of hydrogen-bond acceptors (Lipinski definition) is 3. The zero-order valence-corrected chi connectivity index (χ0v) is 18.9. The van der Waals surface area contributed by atoms with Crippen LogP contribution in [0.2, 0.25) is 0 Å². The molecule has 2 saturated heterocycles. The minimum absolute atomic E-state index is 0.298. The Morgan fingerprint density at radius 3 is 2.78 bits per heavy atom. The zero-order chi connectivity index (χ0) is 22.0. The van der Waals surface area contributed by atoms with E-state index in [0.717, 1.165) is 56.3 Å². The Morgan fingerprint density at radius 2 is 1.94 bits per heavy atom. The van der Waals surface area contributed by atoms with E-state index in [0.29, 0.717) is 25.0 Å². The van der Waals surface area contributed by atoms with E-state index in [2.05, 4.69) is 65.3 Å². The molecule has 0 N–H and O–H groups in total. The number of piperidine rings is 1. The summed E-state index contributed by atoms with van der Waals surface area (Å²) in [5.74, 6) is 0.766. The third-order valence-corrected chi connectivity index (χ3v) is 7.36. The molecule has 1 unspecified atom stereocenters. The van der Waals surface area contributed by atoms with Gasteiger partial charge >= 0.3 is 0 Å². The van der Waals surface area contributed by atoms with Gasteiger partial charge in [0.05, 0.1) is 10.9 Å². The summed E-state index contributed by atoms with van der Waals surface area (Å²) in [6.07, 6.45) is 6.61. The molecule has 2 aromatic carbocycles. The molecule has 166 valence electrons. The van der Waals surface area contributed by atoms with Crippen molar-refractivity contribution in [2.24, 2.45) is 5.92 Å². The summed E-state index contributed by atoms with van der Waals surface area (Å²) in [4.78, 5) is 20.8. The van der Waals surface area contributed by atoms with E-state index >= 15 is 0 Å². The molecule has 0 saturated carbocycles. The normalized spacial score (nSPS) is 20.9. The quantitative estimate of drug-likeness (QED) is 0.582. The lowest BCUT2D eigenvalue weighted by Crippen LogP contribution is -2.52. The number of benzene rings is 2. The third-order valence-electron chi connectivity index (χ3n) is 7.36. The highest BCUT2D eigenvalue weighted by atomic mass is 16.5. The number of carbonyl (C=O) groups is 1. The van der Waals surface area contributed by atoms with E-state index in [4.69, 9.17) is 4.74 Å². The first kappa shape index (κ1) is 21.1. The minimum atomic E-state index is -0.451. The minimum Gasteiger partial charge on any atom is -0.381 e. The summed E-state index contributed by atoms with van der Waals surface area (Å²) in [6, 6.07) is 19.1. The molecule has 3 heterocycles. The van der Waals surface area contributed by atoms with E-state index in [1.807, 2.05) is 12.3 Å². The highest BCUT2D eigenvalue weighted by Gasteiger charge is 2.44. The van der Waals surface area contributed by atoms with Gasteiger partial charge in [-0.3, -0.25) is 9.78 Å². The van der Waals surface area contributed by atoms with Crippen molar-refractivity contribution in [2.45, 2.75) is 44.4 Å². The Hall–Kier alpha value is -2.72. The molecule has 1 amide bonds. The molecule has 4 nitrogen and oxygen atoms in total. The average Bonchev–Trinajstić information content (AvgIpc) is 2.84. The first-order chi connectivity index (χ1) is 15.7. The molecule has 2 fully saturated rings. The van der Waals surface area contributed by atoms with Crippen LogP contribution in [0.15, 0.2) is 60.8 Å². The topological polar surface area (TPSA) is 42.4 Å². The van der Waals surface area contributed by atoms with Gasteiger partial charge in [0.2, 0.25) is 5.91 Å². The van der Waals surface area contributed by atoms with Gasteiger partial charge in [0, 0.05) is 37.9 Å². The number of aryl methyl sites for hydroxylation is 1. The van der Waals surface area contributed by atoms with Crippen molar-refractivity contribution in [3.05, 3.63) is 77.5 Å². The second kappa shape index (κ2) is 9.03. The second-order valence-electron chi connectivity index (χ2n) is 9.52. The third kappa shape index (κ3) is 4.04. The average molecular weight is 429 g/mol. The fourth-order valence-corrected chi connectivity index (χ4v) is 5.65. The van der Waals surface area contributed by atoms with Crippen LogP contribution in [-0.2, 0) is 21.4 Å². The second-order valence-corrected chi connectivity index (χ2v) is 9.52.